The third-order valence-electron chi connectivity index (χ3n) is 2.90. The van der Waals surface area contributed by atoms with E-state index in [2.05, 4.69) is 38.3 Å². The van der Waals surface area contributed by atoms with Crippen molar-refractivity contribution < 1.29 is 4.74 Å². The predicted octanol–water partition coefficient (Wildman–Crippen LogP) is 1.78. The second kappa shape index (κ2) is 6.58. The Hall–Kier alpha value is -0.120. The van der Waals surface area contributed by atoms with Gasteiger partial charge in [-0.3, -0.25) is 0 Å². The van der Waals surface area contributed by atoms with Crippen molar-refractivity contribution >= 4 is 0 Å². The van der Waals surface area contributed by atoms with Gasteiger partial charge in [-0.05, 0) is 59.5 Å². The van der Waals surface area contributed by atoms with Gasteiger partial charge in [-0.1, -0.05) is 0 Å². The summed E-state index contributed by atoms with van der Waals surface area (Å²) >= 11 is 0. The molecule has 3 heteroatoms. The van der Waals surface area contributed by atoms with Crippen LogP contribution in [0.1, 0.15) is 40.5 Å². The lowest BCUT2D eigenvalue weighted by atomic mass is 10.1. The van der Waals surface area contributed by atoms with Crippen molar-refractivity contribution in [2.75, 3.05) is 26.2 Å². The maximum atomic E-state index is 5.54. The first-order chi connectivity index (χ1) is 7.47. The zero-order chi connectivity index (χ0) is 12.0. The normalized spacial score (nSPS) is 26.2. The van der Waals surface area contributed by atoms with Crippen molar-refractivity contribution in [3.63, 3.8) is 0 Å². The Bertz CT molecular complexity index is 189. The van der Waals surface area contributed by atoms with Crippen molar-refractivity contribution in [3.8, 4) is 0 Å². The minimum atomic E-state index is 0.245. The summed E-state index contributed by atoms with van der Waals surface area (Å²) in [4.78, 5) is 0. The summed E-state index contributed by atoms with van der Waals surface area (Å²) < 4.78 is 5.54. The average Bonchev–Trinajstić information content (AvgIpc) is 2.56. The van der Waals surface area contributed by atoms with Gasteiger partial charge in [0.05, 0.1) is 12.7 Å². The Labute approximate surface area is 100 Å². The number of hydrogen-bond acceptors (Lipinski definition) is 3. The largest absolute Gasteiger partial charge is 0.378 e. The number of nitrogens with one attached hydrogen (secondary N) is 2. The first-order valence-corrected chi connectivity index (χ1v) is 6.55. The van der Waals surface area contributed by atoms with Crippen molar-refractivity contribution in [2.45, 2.75) is 52.2 Å². The molecule has 0 saturated carbocycles. The second-order valence-corrected chi connectivity index (χ2v) is 5.98. The highest BCUT2D eigenvalue weighted by Gasteiger charge is 2.21. The Kier molecular flexibility index (Phi) is 5.73. The van der Waals surface area contributed by atoms with Crippen LogP contribution in [0.4, 0.5) is 0 Å². The fourth-order valence-electron chi connectivity index (χ4n) is 2.03. The molecule has 0 aromatic heterocycles. The molecule has 0 amide bonds. The molecule has 1 saturated heterocycles. The fraction of sp³-hybridized carbons (Fsp3) is 1.00. The minimum absolute atomic E-state index is 0.245. The third kappa shape index (κ3) is 6.46. The molecule has 2 atom stereocenters. The van der Waals surface area contributed by atoms with Crippen LogP contribution in [-0.4, -0.2) is 37.9 Å². The molecule has 0 aliphatic carbocycles. The smallest absolute Gasteiger partial charge is 0.0551 e. The number of ether oxygens (including phenoxy) is 1. The van der Waals surface area contributed by atoms with E-state index in [-0.39, 0.29) is 5.54 Å². The molecule has 0 spiro atoms. The van der Waals surface area contributed by atoms with Crippen molar-refractivity contribution in [3.05, 3.63) is 0 Å². The van der Waals surface area contributed by atoms with Crippen LogP contribution in [0, 0.1) is 5.92 Å². The van der Waals surface area contributed by atoms with Crippen molar-refractivity contribution in [2.24, 2.45) is 5.92 Å². The second-order valence-electron chi connectivity index (χ2n) is 5.98. The van der Waals surface area contributed by atoms with Crippen LogP contribution in [-0.2, 0) is 4.74 Å². The molecule has 96 valence electrons. The molecule has 1 rings (SSSR count). The van der Waals surface area contributed by atoms with E-state index in [4.69, 9.17) is 4.74 Å². The van der Waals surface area contributed by atoms with E-state index in [9.17, 15) is 0 Å². The van der Waals surface area contributed by atoms with E-state index in [1.807, 2.05) is 0 Å². The highest BCUT2D eigenvalue weighted by molar-refractivity contribution is 4.73. The van der Waals surface area contributed by atoms with E-state index >= 15 is 0 Å². The molecular weight excluding hydrogens is 200 g/mol. The molecule has 2 N–H and O–H groups in total. The quantitative estimate of drug-likeness (QED) is 0.680. The van der Waals surface area contributed by atoms with Crippen LogP contribution >= 0.6 is 0 Å². The Balaban J connectivity index is 1.89. The summed E-state index contributed by atoms with van der Waals surface area (Å²) in [5.41, 5.74) is 0.245. The highest BCUT2D eigenvalue weighted by Crippen LogP contribution is 2.17. The van der Waals surface area contributed by atoms with Crippen molar-refractivity contribution in [1.29, 1.82) is 0 Å². The Morgan fingerprint density at radius 1 is 1.25 bits per heavy atom. The summed E-state index contributed by atoms with van der Waals surface area (Å²) in [7, 11) is 0. The van der Waals surface area contributed by atoms with Crippen LogP contribution in [0.15, 0.2) is 0 Å². The number of rotatable bonds is 6. The van der Waals surface area contributed by atoms with E-state index in [0.717, 1.165) is 32.2 Å². The predicted molar refractivity (Wildman–Crippen MR) is 68.8 cm³/mol. The van der Waals surface area contributed by atoms with E-state index in [0.29, 0.717) is 6.10 Å². The van der Waals surface area contributed by atoms with E-state index in [1.54, 1.807) is 0 Å². The van der Waals surface area contributed by atoms with Gasteiger partial charge in [-0.15, -0.1) is 0 Å². The van der Waals surface area contributed by atoms with Crippen LogP contribution in [0.3, 0.4) is 0 Å². The highest BCUT2D eigenvalue weighted by atomic mass is 16.5. The van der Waals surface area contributed by atoms with Crippen LogP contribution in [0.25, 0.3) is 0 Å². The standard InChI is InChI=1S/C13H28N2O/c1-11-8-12(10-16-11)9-14-6-5-7-15-13(2,3)4/h11-12,14-15H,5-10H2,1-4H3. The zero-order valence-electron chi connectivity index (χ0n) is 11.3. The van der Waals surface area contributed by atoms with Crippen LogP contribution in [0.5, 0.6) is 0 Å². The third-order valence-corrected chi connectivity index (χ3v) is 2.90. The summed E-state index contributed by atoms with van der Waals surface area (Å²) in [6, 6.07) is 0. The Morgan fingerprint density at radius 3 is 2.56 bits per heavy atom. The van der Waals surface area contributed by atoms with Gasteiger partial charge in [0, 0.05) is 12.1 Å². The average molecular weight is 228 g/mol. The van der Waals surface area contributed by atoms with Crippen molar-refractivity contribution in [1.82, 2.24) is 10.6 Å². The molecule has 1 aliphatic heterocycles. The minimum Gasteiger partial charge on any atom is -0.378 e. The van der Waals surface area contributed by atoms with Gasteiger partial charge in [0.25, 0.3) is 0 Å². The van der Waals surface area contributed by atoms with Crippen LogP contribution in [0.2, 0.25) is 0 Å². The molecule has 1 fully saturated rings. The maximum Gasteiger partial charge on any atom is 0.0551 e. The van der Waals surface area contributed by atoms with Gasteiger partial charge in [0.1, 0.15) is 0 Å². The van der Waals surface area contributed by atoms with Gasteiger partial charge in [0.15, 0.2) is 0 Å². The molecule has 0 bridgehead atoms. The summed E-state index contributed by atoms with van der Waals surface area (Å²) in [5.74, 6) is 0.727. The maximum absolute atomic E-state index is 5.54. The molecule has 0 aromatic rings. The van der Waals surface area contributed by atoms with Gasteiger partial charge in [0.2, 0.25) is 0 Å². The topological polar surface area (TPSA) is 33.3 Å². The lowest BCUT2D eigenvalue weighted by Gasteiger charge is -2.20. The molecule has 0 radical (unpaired) electrons. The fourth-order valence-corrected chi connectivity index (χ4v) is 2.03. The lowest BCUT2D eigenvalue weighted by Crippen LogP contribution is -2.37. The molecule has 16 heavy (non-hydrogen) atoms. The van der Waals surface area contributed by atoms with Gasteiger partial charge < -0.3 is 15.4 Å². The molecule has 1 heterocycles. The van der Waals surface area contributed by atoms with E-state index < -0.39 is 0 Å². The first-order valence-electron chi connectivity index (χ1n) is 6.55. The summed E-state index contributed by atoms with van der Waals surface area (Å²) in [6.45, 7) is 13.0. The molecule has 0 aromatic carbocycles. The number of hydrogen-bond donors (Lipinski definition) is 2. The van der Waals surface area contributed by atoms with E-state index in [1.165, 1.54) is 12.8 Å². The Morgan fingerprint density at radius 2 is 2.00 bits per heavy atom. The molecular formula is C13H28N2O. The summed E-state index contributed by atoms with van der Waals surface area (Å²) in [5, 5.41) is 7.01. The molecule has 2 unspecified atom stereocenters. The molecule has 3 nitrogen and oxygen atoms in total. The lowest BCUT2D eigenvalue weighted by molar-refractivity contribution is 0.120. The zero-order valence-corrected chi connectivity index (χ0v) is 11.3. The monoisotopic (exact) mass is 228 g/mol. The summed E-state index contributed by atoms with van der Waals surface area (Å²) in [6.07, 6.45) is 2.88. The molecule has 1 aliphatic rings. The van der Waals surface area contributed by atoms with Crippen LogP contribution < -0.4 is 10.6 Å². The SMILES string of the molecule is CC1CC(CNCCCNC(C)(C)C)CO1. The van der Waals surface area contributed by atoms with Gasteiger partial charge >= 0.3 is 0 Å². The first kappa shape index (κ1) is 13.9. The van der Waals surface area contributed by atoms with Gasteiger partial charge in [-0.25, -0.2) is 0 Å². The van der Waals surface area contributed by atoms with Gasteiger partial charge in [-0.2, -0.15) is 0 Å².